The monoisotopic (exact) mass is 388 g/mol. The summed E-state index contributed by atoms with van der Waals surface area (Å²) in [5, 5.41) is 0. The normalized spacial score (nSPS) is 12.2. The summed E-state index contributed by atoms with van der Waals surface area (Å²) in [5.74, 6) is 0. The van der Waals surface area contributed by atoms with E-state index in [9.17, 15) is 4.79 Å². The van der Waals surface area contributed by atoms with Gasteiger partial charge < -0.3 is 4.74 Å². The van der Waals surface area contributed by atoms with E-state index in [0.717, 1.165) is 25.7 Å². The van der Waals surface area contributed by atoms with Gasteiger partial charge in [-0.05, 0) is 100 Å². The van der Waals surface area contributed by atoms with Gasteiger partial charge in [0.25, 0.3) is 6.47 Å². The van der Waals surface area contributed by atoms with Gasteiger partial charge in [0, 0.05) is 0 Å². The molecular weight excluding hydrogens is 344 g/mol. The Labute approximate surface area is 174 Å². The topological polar surface area (TPSA) is 26.3 Å². The molecule has 160 valence electrons. The highest BCUT2D eigenvalue weighted by Crippen LogP contribution is 2.24. The van der Waals surface area contributed by atoms with Gasteiger partial charge in [0.2, 0.25) is 0 Å². The Kier molecular flexibility index (Phi) is 10.3. The Balaban J connectivity index is 2.45. The second kappa shape index (κ2) is 11.6. The van der Waals surface area contributed by atoms with Gasteiger partial charge >= 0.3 is 0 Å². The van der Waals surface area contributed by atoms with Crippen molar-refractivity contribution in [3.8, 4) is 0 Å². The number of hydrogen-bond donors (Lipinski definition) is 0. The minimum Gasteiger partial charge on any atom is -0.462 e. The standard InChI is InChI=1S/C26H44O2/c1-21-18-23(14-10-8-9-12-16-25(3,4)5)19-24(22(21)2)15-11-13-17-26(6,7)28-20-27/h18-20H,8-17H2,1-7H3. The van der Waals surface area contributed by atoms with Gasteiger partial charge in [-0.2, -0.15) is 0 Å². The fraction of sp³-hybridized carbons (Fsp3) is 0.731. The van der Waals surface area contributed by atoms with E-state index < -0.39 is 0 Å². The van der Waals surface area contributed by atoms with Crippen molar-refractivity contribution in [3.05, 3.63) is 34.4 Å². The zero-order valence-electron chi connectivity index (χ0n) is 19.6. The molecule has 0 amide bonds. The van der Waals surface area contributed by atoms with Gasteiger partial charge in [-0.1, -0.05) is 52.2 Å². The van der Waals surface area contributed by atoms with Crippen LogP contribution in [0.15, 0.2) is 12.1 Å². The van der Waals surface area contributed by atoms with Crippen molar-refractivity contribution in [1.82, 2.24) is 0 Å². The third kappa shape index (κ3) is 10.3. The van der Waals surface area contributed by atoms with Crippen LogP contribution in [-0.2, 0) is 22.4 Å². The second-order valence-electron chi connectivity index (χ2n) is 10.4. The predicted molar refractivity (Wildman–Crippen MR) is 121 cm³/mol. The second-order valence-corrected chi connectivity index (χ2v) is 10.4. The Morgan fingerprint density at radius 1 is 0.821 bits per heavy atom. The zero-order valence-corrected chi connectivity index (χ0v) is 19.6. The first-order chi connectivity index (χ1) is 13.0. The number of carbonyl (C=O) groups excluding carboxylic acids is 1. The van der Waals surface area contributed by atoms with Crippen molar-refractivity contribution in [2.75, 3.05) is 0 Å². The van der Waals surface area contributed by atoms with Crippen molar-refractivity contribution in [2.24, 2.45) is 5.41 Å². The molecule has 0 spiro atoms. The minimum absolute atomic E-state index is 0.346. The lowest BCUT2D eigenvalue weighted by Crippen LogP contribution is -2.23. The lowest BCUT2D eigenvalue weighted by Gasteiger charge is -2.22. The SMILES string of the molecule is Cc1cc(CCCCCCC(C)(C)C)cc(CCCCC(C)(C)OC=O)c1C. The Hall–Kier alpha value is -1.31. The summed E-state index contributed by atoms with van der Waals surface area (Å²) in [4.78, 5) is 10.6. The molecule has 2 nitrogen and oxygen atoms in total. The maximum absolute atomic E-state index is 10.6. The van der Waals surface area contributed by atoms with Gasteiger partial charge in [0.05, 0.1) is 0 Å². The van der Waals surface area contributed by atoms with E-state index in [2.05, 4.69) is 46.8 Å². The number of hydrogen-bond acceptors (Lipinski definition) is 2. The molecule has 0 saturated heterocycles. The number of carbonyl (C=O) groups is 1. The van der Waals surface area contributed by atoms with Crippen LogP contribution in [0.4, 0.5) is 0 Å². The van der Waals surface area contributed by atoms with Crippen LogP contribution in [0, 0.1) is 19.3 Å². The molecule has 1 rings (SSSR count). The van der Waals surface area contributed by atoms with E-state index in [1.54, 1.807) is 0 Å². The maximum Gasteiger partial charge on any atom is 0.293 e. The average molecular weight is 389 g/mol. The first kappa shape index (κ1) is 24.7. The van der Waals surface area contributed by atoms with Crippen molar-refractivity contribution >= 4 is 6.47 Å². The highest BCUT2D eigenvalue weighted by atomic mass is 16.5. The van der Waals surface area contributed by atoms with E-state index in [1.807, 2.05) is 13.8 Å². The van der Waals surface area contributed by atoms with E-state index in [-0.39, 0.29) is 5.60 Å². The molecule has 1 aromatic carbocycles. The molecule has 0 N–H and O–H groups in total. The molecule has 0 heterocycles. The predicted octanol–water partition coefficient (Wildman–Crippen LogP) is 7.51. The summed E-state index contributed by atoms with van der Waals surface area (Å²) >= 11 is 0. The summed E-state index contributed by atoms with van der Waals surface area (Å²) in [6.07, 6.45) is 12.1. The quantitative estimate of drug-likeness (QED) is 0.258. The van der Waals surface area contributed by atoms with Gasteiger partial charge in [-0.25, -0.2) is 0 Å². The van der Waals surface area contributed by atoms with E-state index >= 15 is 0 Å². The molecule has 0 unspecified atom stereocenters. The van der Waals surface area contributed by atoms with Crippen LogP contribution in [0.25, 0.3) is 0 Å². The third-order valence-electron chi connectivity index (χ3n) is 5.82. The van der Waals surface area contributed by atoms with Crippen molar-refractivity contribution in [1.29, 1.82) is 0 Å². The van der Waals surface area contributed by atoms with E-state index in [1.165, 1.54) is 60.8 Å². The van der Waals surface area contributed by atoms with Gasteiger partial charge in [0.15, 0.2) is 0 Å². The molecule has 0 aliphatic rings. The van der Waals surface area contributed by atoms with Gasteiger partial charge in [0.1, 0.15) is 5.60 Å². The first-order valence-electron chi connectivity index (χ1n) is 11.2. The molecule has 0 saturated carbocycles. The van der Waals surface area contributed by atoms with Crippen LogP contribution in [0.2, 0.25) is 0 Å². The van der Waals surface area contributed by atoms with Gasteiger partial charge in [-0.3, -0.25) is 4.79 Å². The largest absolute Gasteiger partial charge is 0.462 e. The smallest absolute Gasteiger partial charge is 0.293 e. The summed E-state index contributed by atoms with van der Waals surface area (Å²) in [6, 6.07) is 4.82. The number of ether oxygens (including phenoxy) is 1. The van der Waals surface area contributed by atoms with Crippen molar-refractivity contribution in [3.63, 3.8) is 0 Å². The molecule has 2 heteroatoms. The summed E-state index contributed by atoms with van der Waals surface area (Å²) in [7, 11) is 0. The van der Waals surface area contributed by atoms with E-state index in [4.69, 9.17) is 4.74 Å². The van der Waals surface area contributed by atoms with Crippen LogP contribution < -0.4 is 0 Å². The number of unbranched alkanes of at least 4 members (excludes halogenated alkanes) is 4. The highest BCUT2D eigenvalue weighted by Gasteiger charge is 2.17. The molecule has 28 heavy (non-hydrogen) atoms. The maximum atomic E-state index is 10.6. The van der Waals surface area contributed by atoms with Crippen molar-refractivity contribution < 1.29 is 9.53 Å². The summed E-state index contributed by atoms with van der Waals surface area (Å²) in [5.41, 5.74) is 5.98. The van der Waals surface area contributed by atoms with Crippen molar-refractivity contribution in [2.45, 2.75) is 118 Å². The molecule has 0 aliphatic carbocycles. The zero-order chi connectivity index (χ0) is 21.2. The van der Waals surface area contributed by atoms with Crippen LogP contribution in [0.3, 0.4) is 0 Å². The molecular formula is C26H44O2. The number of benzene rings is 1. The Morgan fingerprint density at radius 2 is 1.43 bits per heavy atom. The van der Waals surface area contributed by atoms with Crippen LogP contribution in [0.1, 0.15) is 108 Å². The minimum atomic E-state index is -0.346. The lowest BCUT2D eigenvalue weighted by atomic mass is 9.89. The number of aryl methyl sites for hydroxylation is 3. The molecule has 0 atom stereocenters. The fourth-order valence-electron chi connectivity index (χ4n) is 3.81. The summed E-state index contributed by atoms with van der Waals surface area (Å²) < 4.78 is 5.15. The molecule has 0 radical (unpaired) electrons. The molecule has 1 aromatic rings. The first-order valence-corrected chi connectivity index (χ1v) is 11.2. The Morgan fingerprint density at radius 3 is 2.07 bits per heavy atom. The number of rotatable bonds is 13. The molecule has 0 aliphatic heterocycles. The molecule has 0 bridgehead atoms. The fourth-order valence-corrected chi connectivity index (χ4v) is 3.81. The van der Waals surface area contributed by atoms with Crippen LogP contribution in [0.5, 0.6) is 0 Å². The van der Waals surface area contributed by atoms with Crippen LogP contribution >= 0.6 is 0 Å². The third-order valence-corrected chi connectivity index (χ3v) is 5.82. The van der Waals surface area contributed by atoms with E-state index in [0.29, 0.717) is 11.9 Å². The highest BCUT2D eigenvalue weighted by molar-refractivity contribution is 5.38. The van der Waals surface area contributed by atoms with Crippen LogP contribution in [-0.4, -0.2) is 12.1 Å². The average Bonchev–Trinajstić information content (AvgIpc) is 2.57. The lowest BCUT2D eigenvalue weighted by molar-refractivity contribution is -0.140. The molecule has 0 aromatic heterocycles. The summed E-state index contributed by atoms with van der Waals surface area (Å²) in [6.45, 7) is 16.0. The molecule has 0 fully saturated rings. The van der Waals surface area contributed by atoms with Gasteiger partial charge in [-0.15, -0.1) is 0 Å². The Bertz CT molecular complexity index is 593.